The summed E-state index contributed by atoms with van der Waals surface area (Å²) < 4.78 is 5.49. The van der Waals surface area contributed by atoms with Crippen LogP contribution in [0.5, 0.6) is 0 Å². The van der Waals surface area contributed by atoms with E-state index in [4.69, 9.17) is 10.6 Å². The van der Waals surface area contributed by atoms with Gasteiger partial charge in [-0.2, -0.15) is 0 Å². The number of hydrazine groups is 1. The van der Waals surface area contributed by atoms with E-state index in [0.29, 0.717) is 6.61 Å². The summed E-state index contributed by atoms with van der Waals surface area (Å²) in [5.41, 5.74) is 2.14. The first-order valence-corrected chi connectivity index (χ1v) is 5.40. The van der Waals surface area contributed by atoms with Crippen molar-refractivity contribution >= 4 is 5.91 Å². The lowest BCUT2D eigenvalue weighted by Crippen LogP contribution is -2.40. The van der Waals surface area contributed by atoms with Crippen LogP contribution in [0.4, 0.5) is 0 Å². The van der Waals surface area contributed by atoms with Crippen LogP contribution in [0.15, 0.2) is 0 Å². The number of hydrogen-bond donors (Lipinski definition) is 2. The molecule has 1 saturated carbocycles. The Bertz CT molecular complexity index is 181. The summed E-state index contributed by atoms with van der Waals surface area (Å²) >= 11 is 0. The van der Waals surface area contributed by atoms with Gasteiger partial charge in [-0.15, -0.1) is 0 Å². The van der Waals surface area contributed by atoms with Crippen molar-refractivity contribution in [3.63, 3.8) is 0 Å². The molecule has 4 nitrogen and oxygen atoms in total. The second kappa shape index (κ2) is 5.98. The third-order valence-electron chi connectivity index (χ3n) is 2.53. The molecular weight excluding hydrogens is 180 g/mol. The number of ether oxygens (including phenoxy) is 1. The zero-order chi connectivity index (χ0) is 10.4. The Labute approximate surface area is 85.2 Å². The summed E-state index contributed by atoms with van der Waals surface area (Å²) in [5, 5.41) is 0. The number of nitrogens with two attached hydrogens (primary N) is 1. The first-order chi connectivity index (χ1) is 6.77. The Balaban J connectivity index is 2.15. The fraction of sp³-hybridized carbons (Fsp3) is 0.900. The second-order valence-corrected chi connectivity index (χ2v) is 3.89. The summed E-state index contributed by atoms with van der Waals surface area (Å²) in [5.74, 6) is 5.71. The van der Waals surface area contributed by atoms with Gasteiger partial charge in [0.2, 0.25) is 0 Å². The van der Waals surface area contributed by atoms with Crippen molar-refractivity contribution in [3.8, 4) is 0 Å². The molecule has 0 radical (unpaired) electrons. The molecule has 0 aliphatic heterocycles. The highest BCUT2D eigenvalue weighted by Gasteiger charge is 2.22. The highest BCUT2D eigenvalue weighted by molar-refractivity contribution is 5.80. The molecule has 14 heavy (non-hydrogen) atoms. The maximum absolute atomic E-state index is 11.2. The van der Waals surface area contributed by atoms with Crippen LogP contribution in [0, 0.1) is 5.92 Å². The van der Waals surface area contributed by atoms with Crippen LogP contribution in [-0.2, 0) is 9.53 Å². The van der Waals surface area contributed by atoms with Crippen LogP contribution >= 0.6 is 0 Å². The van der Waals surface area contributed by atoms with Crippen LogP contribution in [0.25, 0.3) is 0 Å². The SMILES string of the molecule is CCCC(OCCC1CC1)C(=O)NN. The van der Waals surface area contributed by atoms with Crippen LogP contribution in [0.2, 0.25) is 0 Å². The third kappa shape index (κ3) is 4.07. The van der Waals surface area contributed by atoms with E-state index in [1.807, 2.05) is 6.92 Å². The van der Waals surface area contributed by atoms with Crippen molar-refractivity contribution < 1.29 is 9.53 Å². The highest BCUT2D eigenvalue weighted by Crippen LogP contribution is 2.32. The van der Waals surface area contributed by atoms with E-state index < -0.39 is 0 Å². The predicted octanol–water partition coefficient (Wildman–Crippen LogP) is 0.962. The molecule has 1 amide bonds. The van der Waals surface area contributed by atoms with Gasteiger partial charge in [-0.25, -0.2) is 5.84 Å². The van der Waals surface area contributed by atoms with Crippen molar-refractivity contribution in [1.29, 1.82) is 0 Å². The normalized spacial score (nSPS) is 17.9. The van der Waals surface area contributed by atoms with E-state index in [1.54, 1.807) is 0 Å². The monoisotopic (exact) mass is 200 g/mol. The highest BCUT2D eigenvalue weighted by atomic mass is 16.5. The van der Waals surface area contributed by atoms with E-state index >= 15 is 0 Å². The van der Waals surface area contributed by atoms with Gasteiger partial charge in [0.15, 0.2) is 0 Å². The fourth-order valence-electron chi connectivity index (χ4n) is 1.43. The van der Waals surface area contributed by atoms with E-state index in [1.165, 1.54) is 12.8 Å². The molecule has 1 rings (SSSR count). The molecule has 4 heteroatoms. The van der Waals surface area contributed by atoms with Crippen molar-refractivity contribution in [3.05, 3.63) is 0 Å². The number of nitrogens with one attached hydrogen (secondary N) is 1. The van der Waals surface area contributed by atoms with Gasteiger partial charge in [0, 0.05) is 6.61 Å². The Morgan fingerprint density at radius 1 is 1.64 bits per heavy atom. The van der Waals surface area contributed by atoms with Crippen LogP contribution < -0.4 is 11.3 Å². The van der Waals surface area contributed by atoms with Crippen molar-refractivity contribution in [2.24, 2.45) is 11.8 Å². The Morgan fingerprint density at radius 3 is 2.86 bits per heavy atom. The molecular formula is C10H20N2O2. The molecule has 1 aliphatic carbocycles. The average molecular weight is 200 g/mol. The van der Waals surface area contributed by atoms with Gasteiger partial charge < -0.3 is 4.74 Å². The Hall–Kier alpha value is -0.610. The molecule has 1 unspecified atom stereocenters. The first kappa shape index (κ1) is 11.5. The number of hydrogen-bond acceptors (Lipinski definition) is 3. The minimum Gasteiger partial charge on any atom is -0.368 e. The lowest BCUT2D eigenvalue weighted by Gasteiger charge is -2.15. The third-order valence-corrected chi connectivity index (χ3v) is 2.53. The average Bonchev–Trinajstić information content (AvgIpc) is 2.99. The molecule has 0 aromatic rings. The molecule has 0 spiro atoms. The standard InChI is InChI=1S/C10H20N2O2/c1-2-3-9(10(13)12-11)14-7-6-8-4-5-8/h8-9H,2-7,11H2,1H3,(H,12,13). The van der Waals surface area contributed by atoms with Gasteiger partial charge in [-0.3, -0.25) is 10.2 Å². The summed E-state index contributed by atoms with van der Waals surface area (Å²) in [4.78, 5) is 11.2. The zero-order valence-electron chi connectivity index (χ0n) is 8.79. The summed E-state index contributed by atoms with van der Waals surface area (Å²) in [6, 6.07) is 0. The van der Waals surface area contributed by atoms with Crippen LogP contribution in [0.1, 0.15) is 39.0 Å². The predicted molar refractivity (Wildman–Crippen MR) is 54.3 cm³/mol. The van der Waals surface area contributed by atoms with Gasteiger partial charge in [0.1, 0.15) is 6.10 Å². The lowest BCUT2D eigenvalue weighted by atomic mass is 10.2. The van der Waals surface area contributed by atoms with Crippen molar-refractivity contribution in [2.75, 3.05) is 6.61 Å². The largest absolute Gasteiger partial charge is 0.368 e. The van der Waals surface area contributed by atoms with Gasteiger partial charge in [0.25, 0.3) is 5.91 Å². The van der Waals surface area contributed by atoms with E-state index in [0.717, 1.165) is 25.2 Å². The summed E-state index contributed by atoms with van der Waals surface area (Å²) in [6.07, 6.45) is 5.05. The molecule has 82 valence electrons. The number of amides is 1. The molecule has 1 aliphatic rings. The topological polar surface area (TPSA) is 64.3 Å². The van der Waals surface area contributed by atoms with Gasteiger partial charge in [0.05, 0.1) is 0 Å². The van der Waals surface area contributed by atoms with Crippen molar-refractivity contribution in [1.82, 2.24) is 5.43 Å². The summed E-state index contributed by atoms with van der Waals surface area (Å²) in [7, 11) is 0. The lowest BCUT2D eigenvalue weighted by molar-refractivity contribution is -0.133. The molecule has 0 bridgehead atoms. The van der Waals surface area contributed by atoms with Gasteiger partial charge >= 0.3 is 0 Å². The Kier molecular flexibility index (Phi) is 4.90. The minimum absolute atomic E-state index is 0.206. The fourth-order valence-corrected chi connectivity index (χ4v) is 1.43. The summed E-state index contributed by atoms with van der Waals surface area (Å²) in [6.45, 7) is 2.71. The van der Waals surface area contributed by atoms with E-state index in [9.17, 15) is 4.79 Å². The van der Waals surface area contributed by atoms with Crippen LogP contribution in [0.3, 0.4) is 0 Å². The molecule has 0 aromatic heterocycles. The minimum atomic E-state index is -0.358. The maximum atomic E-state index is 11.2. The maximum Gasteiger partial charge on any atom is 0.262 e. The van der Waals surface area contributed by atoms with Gasteiger partial charge in [-0.05, 0) is 18.8 Å². The molecule has 1 atom stereocenters. The van der Waals surface area contributed by atoms with E-state index in [2.05, 4.69) is 5.43 Å². The van der Waals surface area contributed by atoms with Crippen LogP contribution in [-0.4, -0.2) is 18.6 Å². The molecule has 0 aromatic carbocycles. The van der Waals surface area contributed by atoms with Crippen molar-refractivity contribution in [2.45, 2.75) is 45.1 Å². The molecule has 0 saturated heterocycles. The zero-order valence-corrected chi connectivity index (χ0v) is 8.79. The number of carbonyl (C=O) groups is 1. The first-order valence-electron chi connectivity index (χ1n) is 5.40. The molecule has 3 N–H and O–H groups in total. The van der Waals surface area contributed by atoms with Gasteiger partial charge in [-0.1, -0.05) is 26.2 Å². The number of carbonyl (C=O) groups excluding carboxylic acids is 1. The second-order valence-electron chi connectivity index (χ2n) is 3.89. The quantitative estimate of drug-likeness (QED) is 0.365. The Morgan fingerprint density at radius 2 is 2.36 bits per heavy atom. The molecule has 0 heterocycles. The van der Waals surface area contributed by atoms with E-state index in [-0.39, 0.29) is 12.0 Å². The molecule has 1 fully saturated rings. The smallest absolute Gasteiger partial charge is 0.262 e. The number of rotatable bonds is 7.